The number of fused-ring (bicyclic) bond motifs is 2. The van der Waals surface area contributed by atoms with Crippen molar-refractivity contribution in [2.45, 2.75) is 44.3 Å². The first-order valence-electron chi connectivity index (χ1n) is 11.0. The lowest BCUT2D eigenvalue weighted by Gasteiger charge is -2.61. The van der Waals surface area contributed by atoms with Crippen LogP contribution in [-0.4, -0.2) is 60.9 Å². The van der Waals surface area contributed by atoms with Gasteiger partial charge < -0.3 is 19.5 Å². The van der Waals surface area contributed by atoms with E-state index in [1.807, 2.05) is 23.9 Å². The van der Waals surface area contributed by atoms with Gasteiger partial charge in [0.25, 0.3) is 0 Å². The Morgan fingerprint density at radius 3 is 2.88 bits per heavy atom. The average molecular weight is 471 g/mol. The van der Waals surface area contributed by atoms with Crippen molar-refractivity contribution in [2.24, 2.45) is 13.0 Å². The summed E-state index contributed by atoms with van der Waals surface area (Å²) in [5.74, 6) is 2.04. The standard InChI is InChI=1S/C22H27ClN8O2/c1-13-7-15-10-22(9-13,20-27-26-18(33-20)11-29(2)3)31(15)21(32)25-14-5-6-17(23)16(8-14)19-24-12-30(4)28-19/h5-6,8,12-13,15H,7,9-11H2,1-4H3,(H,25,32)/t13-,15+,22-/m1/s1. The van der Waals surface area contributed by atoms with Gasteiger partial charge in [0.1, 0.15) is 11.9 Å². The molecule has 0 radical (unpaired) electrons. The molecule has 3 aliphatic rings. The van der Waals surface area contributed by atoms with Crippen LogP contribution in [0.3, 0.4) is 0 Å². The molecular weight excluding hydrogens is 444 g/mol. The molecule has 3 atom stereocenters. The number of hydrogen-bond acceptors (Lipinski definition) is 7. The highest BCUT2D eigenvalue weighted by Crippen LogP contribution is 2.55. The summed E-state index contributed by atoms with van der Waals surface area (Å²) < 4.78 is 7.64. The van der Waals surface area contributed by atoms with Crippen LogP contribution in [0, 0.1) is 5.92 Å². The lowest BCUT2D eigenvalue weighted by molar-refractivity contribution is -0.110. The van der Waals surface area contributed by atoms with Crippen LogP contribution < -0.4 is 5.32 Å². The zero-order valence-electron chi connectivity index (χ0n) is 19.1. The minimum Gasteiger partial charge on any atom is -0.421 e. The fraction of sp³-hybridized carbons (Fsp3) is 0.500. The van der Waals surface area contributed by atoms with Crippen LogP contribution in [-0.2, 0) is 19.1 Å². The smallest absolute Gasteiger partial charge is 0.323 e. The Bertz CT molecular complexity index is 1190. The van der Waals surface area contributed by atoms with E-state index in [0.717, 1.165) is 19.3 Å². The first kappa shape index (κ1) is 21.8. The van der Waals surface area contributed by atoms with E-state index in [1.165, 1.54) is 0 Å². The molecule has 1 aliphatic carbocycles. The summed E-state index contributed by atoms with van der Waals surface area (Å²) in [6.07, 6.45) is 4.19. The molecule has 3 aromatic rings. The van der Waals surface area contributed by atoms with Crippen LogP contribution >= 0.6 is 11.6 Å². The lowest BCUT2D eigenvalue weighted by Crippen LogP contribution is -2.70. The summed E-state index contributed by atoms with van der Waals surface area (Å²) in [7, 11) is 5.69. The fourth-order valence-corrected chi connectivity index (χ4v) is 5.35. The van der Waals surface area contributed by atoms with Crippen molar-refractivity contribution in [1.29, 1.82) is 0 Å². The monoisotopic (exact) mass is 470 g/mol. The van der Waals surface area contributed by atoms with E-state index in [9.17, 15) is 4.79 Å². The SMILES string of the molecule is C[C@@H]1C[C@H]2C[C@@](c3nnc(CN(C)C)o3)(C1)N2C(=O)Nc1ccc(Cl)c(-c2ncn(C)n2)c1. The van der Waals surface area contributed by atoms with Gasteiger partial charge in [-0.3, -0.25) is 4.68 Å². The second kappa shape index (κ2) is 8.11. The molecule has 2 saturated heterocycles. The third-order valence-electron chi connectivity index (χ3n) is 6.35. The van der Waals surface area contributed by atoms with Crippen molar-refractivity contribution in [3.8, 4) is 11.4 Å². The van der Waals surface area contributed by atoms with E-state index in [1.54, 1.807) is 36.3 Å². The Kier molecular flexibility index (Phi) is 5.37. The van der Waals surface area contributed by atoms with Crippen molar-refractivity contribution in [3.63, 3.8) is 0 Å². The highest BCUT2D eigenvalue weighted by molar-refractivity contribution is 6.33. The molecule has 3 fully saturated rings. The van der Waals surface area contributed by atoms with Crippen LogP contribution in [0.4, 0.5) is 10.5 Å². The normalized spacial score (nSPS) is 24.1. The van der Waals surface area contributed by atoms with Gasteiger partial charge in [0.2, 0.25) is 11.8 Å². The molecule has 2 aromatic heterocycles. The molecule has 174 valence electrons. The van der Waals surface area contributed by atoms with Gasteiger partial charge in [0.05, 0.1) is 11.6 Å². The van der Waals surface area contributed by atoms with Gasteiger partial charge in [-0.05, 0) is 51.1 Å². The molecule has 0 unspecified atom stereocenters. The zero-order chi connectivity index (χ0) is 23.3. The van der Waals surface area contributed by atoms with Crippen molar-refractivity contribution in [3.05, 3.63) is 41.3 Å². The summed E-state index contributed by atoms with van der Waals surface area (Å²) in [6.45, 7) is 2.77. The number of aryl methyl sites for hydroxylation is 1. The average Bonchev–Trinajstić information content (AvgIpc) is 3.37. The van der Waals surface area contributed by atoms with E-state index in [4.69, 9.17) is 16.0 Å². The quantitative estimate of drug-likeness (QED) is 0.608. The number of anilines is 1. The maximum absolute atomic E-state index is 13.5. The molecule has 1 saturated carbocycles. The molecule has 11 heteroatoms. The number of piperidine rings is 1. The van der Waals surface area contributed by atoms with Gasteiger partial charge >= 0.3 is 6.03 Å². The summed E-state index contributed by atoms with van der Waals surface area (Å²) in [4.78, 5) is 21.6. The molecule has 0 spiro atoms. The topological polar surface area (TPSA) is 105 Å². The summed E-state index contributed by atoms with van der Waals surface area (Å²) >= 11 is 6.37. The van der Waals surface area contributed by atoms with Crippen LogP contribution in [0.2, 0.25) is 5.02 Å². The van der Waals surface area contributed by atoms with E-state index >= 15 is 0 Å². The van der Waals surface area contributed by atoms with Crippen molar-refractivity contribution in [2.75, 3.05) is 19.4 Å². The molecule has 2 amide bonds. The second-order valence-electron chi connectivity index (χ2n) is 9.41. The number of halogens is 1. The number of nitrogens with one attached hydrogen (secondary N) is 1. The fourth-order valence-electron chi connectivity index (χ4n) is 5.15. The number of benzene rings is 1. The highest BCUT2D eigenvalue weighted by Gasteiger charge is 2.62. The molecule has 6 rings (SSSR count). The lowest BCUT2D eigenvalue weighted by atomic mass is 9.64. The van der Waals surface area contributed by atoms with Crippen LogP contribution in [0.1, 0.15) is 38.0 Å². The molecule has 4 heterocycles. The maximum atomic E-state index is 13.5. The zero-order valence-corrected chi connectivity index (χ0v) is 19.9. The number of nitrogens with zero attached hydrogens (tertiary/aromatic N) is 7. The minimum absolute atomic E-state index is 0.141. The first-order valence-corrected chi connectivity index (χ1v) is 11.4. The largest absolute Gasteiger partial charge is 0.421 e. The van der Waals surface area contributed by atoms with E-state index in [-0.39, 0.29) is 12.1 Å². The van der Waals surface area contributed by atoms with E-state index < -0.39 is 5.54 Å². The third kappa shape index (κ3) is 3.87. The van der Waals surface area contributed by atoms with Gasteiger partial charge in [-0.2, -0.15) is 5.10 Å². The maximum Gasteiger partial charge on any atom is 0.323 e. The Morgan fingerprint density at radius 1 is 1.33 bits per heavy atom. The van der Waals surface area contributed by atoms with Crippen molar-refractivity contribution < 1.29 is 9.21 Å². The molecule has 1 aromatic carbocycles. The van der Waals surface area contributed by atoms with Crippen molar-refractivity contribution in [1.82, 2.24) is 34.8 Å². The van der Waals surface area contributed by atoms with Crippen molar-refractivity contribution >= 4 is 23.3 Å². The molecule has 2 bridgehead atoms. The summed E-state index contributed by atoms with van der Waals surface area (Å²) in [5.41, 5.74) is 0.716. The van der Waals surface area contributed by atoms with Gasteiger partial charge in [0.15, 0.2) is 5.82 Å². The number of carbonyl (C=O) groups is 1. The van der Waals surface area contributed by atoms with Gasteiger partial charge in [-0.1, -0.05) is 18.5 Å². The minimum atomic E-state index is -0.568. The Balaban J connectivity index is 1.40. The molecule has 1 N–H and O–H groups in total. The molecule has 2 aliphatic heterocycles. The Hall–Kier alpha value is -2.98. The van der Waals surface area contributed by atoms with Gasteiger partial charge in [-0.15, -0.1) is 10.2 Å². The van der Waals surface area contributed by atoms with Gasteiger partial charge in [-0.25, -0.2) is 9.78 Å². The third-order valence-corrected chi connectivity index (χ3v) is 6.68. The number of aromatic nitrogens is 5. The highest BCUT2D eigenvalue weighted by atomic mass is 35.5. The van der Waals surface area contributed by atoms with Crippen LogP contribution in [0.5, 0.6) is 0 Å². The number of urea groups is 1. The summed E-state index contributed by atoms with van der Waals surface area (Å²) in [6, 6.07) is 5.26. The Morgan fingerprint density at radius 2 is 2.15 bits per heavy atom. The van der Waals surface area contributed by atoms with Crippen LogP contribution in [0.25, 0.3) is 11.4 Å². The van der Waals surface area contributed by atoms with Crippen LogP contribution in [0.15, 0.2) is 28.9 Å². The van der Waals surface area contributed by atoms with E-state index in [2.05, 4.69) is 32.5 Å². The molecular formula is C22H27ClN8O2. The number of rotatable bonds is 5. The second-order valence-corrected chi connectivity index (χ2v) is 9.82. The van der Waals surface area contributed by atoms with Gasteiger partial charge in [0, 0.05) is 30.8 Å². The number of amides is 2. The predicted molar refractivity (Wildman–Crippen MR) is 122 cm³/mol. The van der Waals surface area contributed by atoms with E-state index in [0.29, 0.717) is 46.3 Å². The first-order chi connectivity index (χ1) is 15.7. The Labute approximate surface area is 196 Å². The predicted octanol–water partition coefficient (Wildman–Crippen LogP) is 3.51. The molecule has 10 nitrogen and oxygen atoms in total. The molecule has 33 heavy (non-hydrogen) atoms. The number of hydrogen-bond donors (Lipinski definition) is 1. The number of carbonyl (C=O) groups excluding carboxylic acids is 1. The summed E-state index contributed by atoms with van der Waals surface area (Å²) in [5, 5.41) is 16.4.